The number of nitrogens with zero attached hydrogens (tertiary/aromatic N) is 1. The minimum atomic E-state index is -3.48. The zero-order chi connectivity index (χ0) is 21.1. The topological polar surface area (TPSA) is 75.7 Å². The van der Waals surface area contributed by atoms with Crippen molar-refractivity contribution in [3.63, 3.8) is 0 Å². The molecular formula is C21H28N2O4S. The van der Waals surface area contributed by atoms with Gasteiger partial charge in [0.25, 0.3) is 5.91 Å². The molecule has 2 aromatic rings. The van der Waals surface area contributed by atoms with Crippen molar-refractivity contribution < 1.29 is 17.9 Å². The number of sulfonamides is 1. The van der Waals surface area contributed by atoms with E-state index < -0.39 is 10.0 Å². The van der Waals surface area contributed by atoms with Crippen molar-refractivity contribution in [1.29, 1.82) is 0 Å². The van der Waals surface area contributed by atoms with Crippen LogP contribution in [-0.4, -0.2) is 39.3 Å². The maximum Gasteiger partial charge on any atom is 0.258 e. The summed E-state index contributed by atoms with van der Waals surface area (Å²) < 4.78 is 30.7. The first-order chi connectivity index (χ1) is 13.0. The molecule has 0 heterocycles. The average Bonchev–Trinajstić information content (AvgIpc) is 2.63. The molecular weight excluding hydrogens is 376 g/mol. The zero-order valence-electron chi connectivity index (χ0n) is 17.2. The second-order valence-electron chi connectivity index (χ2n) is 7.13. The second kappa shape index (κ2) is 8.75. The van der Waals surface area contributed by atoms with Crippen molar-refractivity contribution in [1.82, 2.24) is 9.62 Å². The lowest BCUT2D eigenvalue weighted by Crippen LogP contribution is -2.31. The highest BCUT2D eigenvalue weighted by Crippen LogP contribution is 2.22. The second-order valence-corrected chi connectivity index (χ2v) is 9.28. The number of amides is 1. The van der Waals surface area contributed by atoms with Crippen LogP contribution >= 0.6 is 0 Å². The Balaban J connectivity index is 1.96. The largest absolute Gasteiger partial charge is 0.484 e. The molecule has 0 saturated heterocycles. The highest BCUT2D eigenvalue weighted by Gasteiger charge is 2.17. The van der Waals surface area contributed by atoms with Crippen LogP contribution in [0.2, 0.25) is 0 Å². The lowest BCUT2D eigenvalue weighted by atomic mass is 9.96. The third kappa shape index (κ3) is 5.11. The summed E-state index contributed by atoms with van der Waals surface area (Å²) in [7, 11) is -0.534. The third-order valence-corrected chi connectivity index (χ3v) is 6.53. The molecule has 0 aliphatic carbocycles. The third-order valence-electron chi connectivity index (χ3n) is 4.70. The van der Waals surface area contributed by atoms with Crippen molar-refractivity contribution in [3.8, 4) is 5.75 Å². The van der Waals surface area contributed by atoms with Crippen molar-refractivity contribution in [3.05, 3.63) is 58.7 Å². The number of benzene rings is 2. The molecule has 0 saturated carbocycles. The average molecular weight is 405 g/mol. The van der Waals surface area contributed by atoms with Gasteiger partial charge in [0, 0.05) is 14.1 Å². The molecule has 1 N–H and O–H groups in total. The molecule has 0 fully saturated rings. The molecule has 0 radical (unpaired) electrons. The Morgan fingerprint density at radius 1 is 1.04 bits per heavy atom. The molecule has 0 unspecified atom stereocenters. The Hall–Kier alpha value is -2.38. The minimum Gasteiger partial charge on any atom is -0.484 e. The van der Waals surface area contributed by atoms with Crippen LogP contribution in [0.4, 0.5) is 0 Å². The summed E-state index contributed by atoms with van der Waals surface area (Å²) in [6.07, 6.45) is 0. The van der Waals surface area contributed by atoms with E-state index in [0.717, 1.165) is 15.4 Å². The molecule has 28 heavy (non-hydrogen) atoms. The fourth-order valence-electron chi connectivity index (χ4n) is 2.88. The molecule has 0 bridgehead atoms. The number of hydrogen-bond acceptors (Lipinski definition) is 4. The summed E-state index contributed by atoms with van der Waals surface area (Å²) in [4.78, 5) is 12.4. The van der Waals surface area contributed by atoms with Crippen molar-refractivity contribution in [2.24, 2.45) is 0 Å². The van der Waals surface area contributed by atoms with Gasteiger partial charge in [-0.1, -0.05) is 12.1 Å². The molecule has 0 aromatic heterocycles. The molecule has 2 rings (SSSR count). The van der Waals surface area contributed by atoms with Gasteiger partial charge in [-0.15, -0.1) is 0 Å². The number of aryl methyl sites for hydroxylation is 3. The Kier molecular flexibility index (Phi) is 6.85. The summed E-state index contributed by atoms with van der Waals surface area (Å²) in [5.74, 6) is 0.193. The monoisotopic (exact) mass is 404 g/mol. The van der Waals surface area contributed by atoms with Crippen molar-refractivity contribution >= 4 is 15.9 Å². The Bertz CT molecular complexity index is 951. The van der Waals surface area contributed by atoms with Crippen molar-refractivity contribution in [2.45, 2.75) is 38.6 Å². The quantitative estimate of drug-likeness (QED) is 0.769. The van der Waals surface area contributed by atoms with Crippen LogP contribution in [-0.2, 0) is 14.8 Å². The number of carbonyl (C=O) groups is 1. The van der Waals surface area contributed by atoms with Crippen LogP contribution in [0, 0.1) is 20.8 Å². The Morgan fingerprint density at radius 3 is 2.18 bits per heavy atom. The highest BCUT2D eigenvalue weighted by molar-refractivity contribution is 7.89. The Morgan fingerprint density at radius 2 is 1.61 bits per heavy atom. The molecule has 1 atom stereocenters. The predicted octanol–water partition coefficient (Wildman–Crippen LogP) is 3.12. The van der Waals surface area contributed by atoms with E-state index in [1.807, 2.05) is 13.8 Å². The van der Waals surface area contributed by atoms with E-state index in [4.69, 9.17) is 4.74 Å². The molecule has 1 amide bonds. The number of ether oxygens (including phenoxy) is 1. The summed E-state index contributed by atoms with van der Waals surface area (Å²) in [6, 6.07) is 10.1. The van der Waals surface area contributed by atoms with Crippen LogP contribution in [0.5, 0.6) is 5.75 Å². The minimum absolute atomic E-state index is 0.136. The Labute approximate surface area is 167 Å². The predicted molar refractivity (Wildman–Crippen MR) is 110 cm³/mol. The van der Waals surface area contributed by atoms with Crippen LogP contribution in [0.1, 0.15) is 35.2 Å². The summed E-state index contributed by atoms with van der Waals surface area (Å²) >= 11 is 0. The summed E-state index contributed by atoms with van der Waals surface area (Å²) in [5.41, 5.74) is 4.62. The maximum absolute atomic E-state index is 12.2. The van der Waals surface area contributed by atoms with Crippen LogP contribution in [0.15, 0.2) is 41.3 Å². The van der Waals surface area contributed by atoms with Crippen molar-refractivity contribution in [2.75, 3.05) is 20.7 Å². The molecule has 0 aliphatic rings. The molecule has 152 valence electrons. The van der Waals surface area contributed by atoms with E-state index in [-0.39, 0.29) is 23.5 Å². The number of nitrogens with one attached hydrogen (secondary N) is 1. The lowest BCUT2D eigenvalue weighted by molar-refractivity contribution is -0.123. The molecule has 7 heteroatoms. The van der Waals surface area contributed by atoms with Gasteiger partial charge in [0.1, 0.15) is 5.75 Å². The highest BCUT2D eigenvalue weighted by atomic mass is 32.2. The SMILES string of the molecule is Cc1cc(C)c([C@H](C)NC(=O)COc2ccc(S(=O)(=O)N(C)C)cc2)cc1C. The van der Waals surface area contributed by atoms with Gasteiger partial charge in [0.2, 0.25) is 10.0 Å². The van der Waals surface area contributed by atoms with Gasteiger partial charge in [0.05, 0.1) is 10.9 Å². The van der Waals surface area contributed by atoms with Gasteiger partial charge in [0.15, 0.2) is 6.61 Å². The smallest absolute Gasteiger partial charge is 0.258 e. The maximum atomic E-state index is 12.2. The van der Waals surface area contributed by atoms with E-state index >= 15 is 0 Å². The molecule has 2 aromatic carbocycles. The van der Waals surface area contributed by atoms with Gasteiger partial charge in [-0.05, 0) is 74.2 Å². The summed E-state index contributed by atoms with van der Waals surface area (Å²) in [5, 5.41) is 2.94. The zero-order valence-corrected chi connectivity index (χ0v) is 18.1. The normalized spacial score (nSPS) is 12.7. The van der Waals surface area contributed by atoms with Crippen LogP contribution < -0.4 is 10.1 Å². The van der Waals surface area contributed by atoms with Crippen LogP contribution in [0.3, 0.4) is 0 Å². The first-order valence-electron chi connectivity index (χ1n) is 9.05. The van der Waals surface area contributed by atoms with E-state index in [9.17, 15) is 13.2 Å². The number of carbonyl (C=O) groups excluding carboxylic acids is 1. The number of rotatable bonds is 7. The first kappa shape index (κ1) is 21.9. The molecule has 6 nitrogen and oxygen atoms in total. The van der Waals surface area contributed by atoms with E-state index in [1.54, 1.807) is 12.1 Å². The first-order valence-corrected chi connectivity index (χ1v) is 10.5. The van der Waals surface area contributed by atoms with E-state index in [0.29, 0.717) is 5.75 Å². The van der Waals surface area contributed by atoms with Crippen LogP contribution in [0.25, 0.3) is 0 Å². The fraction of sp³-hybridized carbons (Fsp3) is 0.381. The van der Waals surface area contributed by atoms with Gasteiger partial charge < -0.3 is 10.1 Å². The van der Waals surface area contributed by atoms with E-state index in [1.165, 1.54) is 37.4 Å². The summed E-state index contributed by atoms with van der Waals surface area (Å²) in [6.45, 7) is 7.95. The molecule has 0 aliphatic heterocycles. The fourth-order valence-corrected chi connectivity index (χ4v) is 3.78. The molecule has 0 spiro atoms. The van der Waals surface area contributed by atoms with Gasteiger partial charge >= 0.3 is 0 Å². The number of hydrogen-bond donors (Lipinski definition) is 1. The van der Waals surface area contributed by atoms with Gasteiger partial charge in [-0.25, -0.2) is 12.7 Å². The standard InChI is InChI=1S/C21H28N2O4S/c1-14-11-16(3)20(12-15(14)2)17(4)22-21(24)13-27-18-7-9-19(10-8-18)28(25,26)23(5)6/h7-12,17H,13H2,1-6H3,(H,22,24)/t17-/m0/s1. The van der Waals surface area contributed by atoms with E-state index in [2.05, 4.69) is 31.3 Å². The van der Waals surface area contributed by atoms with Gasteiger partial charge in [-0.3, -0.25) is 4.79 Å². The lowest BCUT2D eigenvalue weighted by Gasteiger charge is -2.18. The van der Waals surface area contributed by atoms with Gasteiger partial charge in [-0.2, -0.15) is 0 Å².